The van der Waals surface area contributed by atoms with Gasteiger partial charge in [0.05, 0.1) is 26.7 Å². The molecule has 1 aliphatic rings. The Morgan fingerprint density at radius 1 is 1.09 bits per heavy atom. The molecule has 1 unspecified atom stereocenters. The molecule has 0 spiro atoms. The first-order valence-electron chi connectivity index (χ1n) is 10.6. The van der Waals surface area contributed by atoms with E-state index in [1.54, 1.807) is 0 Å². The Labute approximate surface area is 192 Å². The molecule has 1 aliphatic carbocycles. The maximum atomic E-state index is 13.3. The topological polar surface area (TPSA) is 111 Å². The standard InChI is InChI=1S/C23H27FN2O6S/c1-31-20-12-9-16(13-21(20)33(29,30)26-18-5-3-4-6-18)23(28)25-19(14-22(27)32-2)15-7-10-17(24)11-8-15/h7-13,18-19,26H,3-6,14H2,1-2H3,(H,25,28). The smallest absolute Gasteiger partial charge is 0.307 e. The van der Waals surface area contributed by atoms with E-state index in [1.807, 2.05) is 0 Å². The second-order valence-corrected chi connectivity index (χ2v) is 9.51. The van der Waals surface area contributed by atoms with Crippen LogP contribution >= 0.6 is 0 Å². The number of halogens is 1. The number of esters is 1. The van der Waals surface area contributed by atoms with Crippen LogP contribution in [0.15, 0.2) is 47.4 Å². The van der Waals surface area contributed by atoms with Gasteiger partial charge < -0.3 is 14.8 Å². The van der Waals surface area contributed by atoms with Gasteiger partial charge in [0, 0.05) is 11.6 Å². The molecule has 0 saturated heterocycles. The van der Waals surface area contributed by atoms with E-state index in [0.29, 0.717) is 5.56 Å². The summed E-state index contributed by atoms with van der Waals surface area (Å²) in [5.41, 5.74) is 0.569. The van der Waals surface area contributed by atoms with Gasteiger partial charge >= 0.3 is 5.97 Å². The largest absolute Gasteiger partial charge is 0.495 e. The Morgan fingerprint density at radius 2 is 1.76 bits per heavy atom. The lowest BCUT2D eigenvalue weighted by atomic mass is 10.0. The second kappa shape index (κ2) is 10.8. The van der Waals surface area contributed by atoms with E-state index in [4.69, 9.17) is 9.47 Å². The number of sulfonamides is 1. The summed E-state index contributed by atoms with van der Waals surface area (Å²) in [7, 11) is -1.34. The van der Waals surface area contributed by atoms with Crippen LogP contribution in [0.3, 0.4) is 0 Å². The molecule has 1 atom stereocenters. The number of benzene rings is 2. The number of rotatable bonds is 9. The minimum Gasteiger partial charge on any atom is -0.495 e. The third-order valence-corrected chi connectivity index (χ3v) is 7.11. The average molecular weight is 479 g/mol. The number of ether oxygens (including phenoxy) is 2. The molecule has 0 aliphatic heterocycles. The Kier molecular flexibility index (Phi) is 8.04. The minimum atomic E-state index is -3.92. The van der Waals surface area contributed by atoms with Crippen molar-refractivity contribution in [2.45, 2.75) is 49.1 Å². The first kappa shape index (κ1) is 24.7. The SMILES string of the molecule is COC(=O)CC(NC(=O)c1ccc(OC)c(S(=O)(=O)NC2CCCC2)c1)c1ccc(F)cc1. The number of hydrogen-bond acceptors (Lipinski definition) is 6. The highest BCUT2D eigenvalue weighted by Gasteiger charge is 2.27. The molecule has 0 bridgehead atoms. The second-order valence-electron chi connectivity index (χ2n) is 7.83. The van der Waals surface area contributed by atoms with Crippen LogP contribution in [0, 0.1) is 5.82 Å². The van der Waals surface area contributed by atoms with Crippen LogP contribution in [-0.2, 0) is 19.6 Å². The van der Waals surface area contributed by atoms with Gasteiger partial charge in [0.15, 0.2) is 0 Å². The number of nitrogens with one attached hydrogen (secondary N) is 2. The zero-order valence-electron chi connectivity index (χ0n) is 18.5. The first-order chi connectivity index (χ1) is 15.7. The highest BCUT2D eigenvalue weighted by Crippen LogP contribution is 2.28. The molecule has 178 valence electrons. The van der Waals surface area contributed by atoms with Crippen molar-refractivity contribution in [2.24, 2.45) is 0 Å². The lowest BCUT2D eigenvalue weighted by Crippen LogP contribution is -2.33. The predicted molar refractivity (Wildman–Crippen MR) is 119 cm³/mol. The zero-order valence-corrected chi connectivity index (χ0v) is 19.3. The van der Waals surface area contributed by atoms with Crippen molar-refractivity contribution in [2.75, 3.05) is 14.2 Å². The van der Waals surface area contributed by atoms with E-state index >= 15 is 0 Å². The van der Waals surface area contributed by atoms with Crippen LogP contribution in [0.25, 0.3) is 0 Å². The highest BCUT2D eigenvalue weighted by molar-refractivity contribution is 7.89. The van der Waals surface area contributed by atoms with Crippen molar-refractivity contribution < 1.29 is 31.9 Å². The Balaban J connectivity index is 1.87. The zero-order chi connectivity index (χ0) is 24.0. The average Bonchev–Trinajstić information content (AvgIpc) is 3.30. The lowest BCUT2D eigenvalue weighted by molar-refractivity contribution is -0.141. The first-order valence-corrected chi connectivity index (χ1v) is 12.1. The molecular weight excluding hydrogens is 451 g/mol. The molecule has 0 aromatic heterocycles. The molecule has 2 aromatic rings. The van der Waals surface area contributed by atoms with Crippen LogP contribution in [-0.4, -0.2) is 40.6 Å². The molecule has 8 nitrogen and oxygen atoms in total. The summed E-state index contributed by atoms with van der Waals surface area (Å²) in [5.74, 6) is -1.51. The minimum absolute atomic E-state index is 0.0691. The molecule has 1 fully saturated rings. The molecule has 10 heteroatoms. The molecular formula is C23H27FN2O6S. The molecule has 2 N–H and O–H groups in total. The van der Waals surface area contributed by atoms with E-state index in [2.05, 4.69) is 10.0 Å². The van der Waals surface area contributed by atoms with Gasteiger partial charge in [-0.2, -0.15) is 0 Å². The van der Waals surface area contributed by atoms with Gasteiger partial charge in [0.1, 0.15) is 16.5 Å². The van der Waals surface area contributed by atoms with Gasteiger partial charge in [0.2, 0.25) is 10.0 Å². The summed E-state index contributed by atoms with van der Waals surface area (Å²) in [4.78, 5) is 24.7. The number of carbonyl (C=O) groups is 2. The highest BCUT2D eigenvalue weighted by atomic mass is 32.2. The van der Waals surface area contributed by atoms with E-state index in [1.165, 1.54) is 56.7 Å². The van der Waals surface area contributed by atoms with Crippen LogP contribution < -0.4 is 14.8 Å². The van der Waals surface area contributed by atoms with Crippen LogP contribution in [0.2, 0.25) is 0 Å². The van der Waals surface area contributed by atoms with Crippen molar-refractivity contribution in [3.8, 4) is 5.75 Å². The normalized spacial score (nSPS) is 15.1. The summed E-state index contributed by atoms with van der Waals surface area (Å²) in [5, 5.41) is 2.71. The summed E-state index contributed by atoms with van der Waals surface area (Å²) >= 11 is 0. The molecule has 3 rings (SSSR count). The summed E-state index contributed by atoms with van der Waals surface area (Å²) in [6.07, 6.45) is 3.25. The number of methoxy groups -OCH3 is 2. The fourth-order valence-corrected chi connectivity index (χ4v) is 5.29. The number of carbonyl (C=O) groups excluding carboxylic acids is 2. The Hall–Kier alpha value is -2.98. The maximum absolute atomic E-state index is 13.3. The predicted octanol–water partition coefficient (Wildman–Crippen LogP) is 3.09. The van der Waals surface area contributed by atoms with E-state index in [-0.39, 0.29) is 28.7 Å². The number of amides is 1. The summed E-state index contributed by atoms with van der Waals surface area (Å²) in [6.45, 7) is 0. The molecule has 33 heavy (non-hydrogen) atoms. The van der Waals surface area contributed by atoms with Gasteiger partial charge in [0.25, 0.3) is 5.91 Å². The van der Waals surface area contributed by atoms with Gasteiger partial charge in [-0.05, 0) is 48.7 Å². The van der Waals surface area contributed by atoms with Crippen LogP contribution in [0.4, 0.5) is 4.39 Å². The van der Waals surface area contributed by atoms with Crippen LogP contribution in [0.1, 0.15) is 54.1 Å². The van der Waals surface area contributed by atoms with Crippen molar-refractivity contribution in [3.63, 3.8) is 0 Å². The van der Waals surface area contributed by atoms with Crippen molar-refractivity contribution >= 4 is 21.9 Å². The monoisotopic (exact) mass is 478 g/mol. The maximum Gasteiger partial charge on any atom is 0.307 e. The van der Waals surface area contributed by atoms with E-state index in [0.717, 1.165) is 25.7 Å². The molecule has 0 radical (unpaired) electrons. The van der Waals surface area contributed by atoms with Gasteiger partial charge in [-0.25, -0.2) is 17.5 Å². The lowest BCUT2D eigenvalue weighted by Gasteiger charge is -2.19. The fourth-order valence-electron chi connectivity index (χ4n) is 3.79. The van der Waals surface area contributed by atoms with Gasteiger partial charge in [-0.1, -0.05) is 25.0 Å². The van der Waals surface area contributed by atoms with E-state index < -0.39 is 33.8 Å². The molecule has 1 saturated carbocycles. The quantitative estimate of drug-likeness (QED) is 0.536. The molecule has 2 aromatic carbocycles. The van der Waals surface area contributed by atoms with Crippen molar-refractivity contribution in [3.05, 3.63) is 59.4 Å². The summed E-state index contributed by atoms with van der Waals surface area (Å²) < 4.78 is 51.9. The van der Waals surface area contributed by atoms with Crippen molar-refractivity contribution in [1.29, 1.82) is 0 Å². The third kappa shape index (κ3) is 6.29. The van der Waals surface area contributed by atoms with Crippen LogP contribution in [0.5, 0.6) is 5.75 Å². The molecule has 1 amide bonds. The Morgan fingerprint density at radius 3 is 2.36 bits per heavy atom. The van der Waals surface area contributed by atoms with E-state index in [9.17, 15) is 22.4 Å². The Bertz CT molecular complexity index is 1100. The molecule has 0 heterocycles. The fraction of sp³-hybridized carbons (Fsp3) is 0.391. The number of hydrogen-bond donors (Lipinski definition) is 2. The summed E-state index contributed by atoms with van der Waals surface area (Å²) in [6, 6.07) is 8.48. The van der Waals surface area contributed by atoms with Crippen molar-refractivity contribution in [1.82, 2.24) is 10.0 Å². The van der Waals surface area contributed by atoms with Gasteiger partial charge in [-0.15, -0.1) is 0 Å². The van der Waals surface area contributed by atoms with Gasteiger partial charge in [-0.3, -0.25) is 9.59 Å². The third-order valence-electron chi connectivity index (χ3n) is 5.57.